The molecular formula is C28H37N3O5. The zero-order valence-electron chi connectivity index (χ0n) is 22.6. The molecule has 0 atom stereocenters. The van der Waals surface area contributed by atoms with E-state index in [1.54, 1.807) is 49.3 Å². The van der Waals surface area contributed by atoms with Gasteiger partial charge < -0.3 is 25.4 Å². The van der Waals surface area contributed by atoms with Gasteiger partial charge in [0.25, 0.3) is 5.91 Å². The van der Waals surface area contributed by atoms with Crippen LogP contribution in [0.2, 0.25) is 0 Å². The van der Waals surface area contributed by atoms with Gasteiger partial charge in [0.2, 0.25) is 5.78 Å². The Balaban J connectivity index is 2.66. The second-order valence-electron chi connectivity index (χ2n) is 10.8. The average molecular weight is 496 g/mol. The van der Waals surface area contributed by atoms with Crippen LogP contribution < -0.4 is 15.8 Å². The second-order valence-corrected chi connectivity index (χ2v) is 10.8. The van der Waals surface area contributed by atoms with Crippen molar-refractivity contribution in [2.75, 3.05) is 32.3 Å². The van der Waals surface area contributed by atoms with Crippen molar-refractivity contribution in [1.82, 2.24) is 4.90 Å². The van der Waals surface area contributed by atoms with Crippen molar-refractivity contribution in [2.45, 2.75) is 52.4 Å². The molecule has 0 fully saturated rings. The molecule has 194 valence electrons. The lowest BCUT2D eigenvalue weighted by atomic mass is 9.79. The normalized spacial score (nSPS) is 12.1. The first-order chi connectivity index (χ1) is 16.6. The van der Waals surface area contributed by atoms with E-state index in [-0.39, 0.29) is 33.4 Å². The Labute approximate surface area is 213 Å². The number of nitrogen functional groups attached to an aromatic ring is 1. The molecule has 0 spiro atoms. The van der Waals surface area contributed by atoms with Gasteiger partial charge in [-0.25, -0.2) is 4.79 Å². The summed E-state index contributed by atoms with van der Waals surface area (Å²) in [6.45, 7) is 12.0. The summed E-state index contributed by atoms with van der Waals surface area (Å²) in [6, 6.07) is 10.1. The van der Waals surface area contributed by atoms with Crippen molar-refractivity contribution < 1.29 is 23.9 Å². The fourth-order valence-corrected chi connectivity index (χ4v) is 3.62. The fourth-order valence-electron chi connectivity index (χ4n) is 3.62. The molecular weight excluding hydrogens is 458 g/mol. The summed E-state index contributed by atoms with van der Waals surface area (Å²) in [6.07, 6.45) is 0.584. The number of Topliss-reactive ketones (excluding diaryl/α,β-unsaturated/α-hetero) is 1. The van der Waals surface area contributed by atoms with E-state index in [9.17, 15) is 14.4 Å². The van der Waals surface area contributed by atoms with E-state index in [0.717, 1.165) is 11.1 Å². The highest BCUT2D eigenvalue weighted by Crippen LogP contribution is 2.40. The molecule has 0 saturated heterocycles. The molecule has 2 aromatic rings. The highest BCUT2D eigenvalue weighted by molar-refractivity contribution is 6.29. The third-order valence-corrected chi connectivity index (χ3v) is 5.43. The van der Waals surface area contributed by atoms with Crippen molar-refractivity contribution in [1.29, 1.82) is 0 Å². The Bertz CT molecular complexity index is 1180. The van der Waals surface area contributed by atoms with Gasteiger partial charge in [0, 0.05) is 48.9 Å². The number of ether oxygens (including phenoxy) is 2. The number of hydrogen-bond acceptors (Lipinski definition) is 7. The lowest BCUT2D eigenvalue weighted by molar-refractivity contribution is -0.112. The number of carbonyl (C=O) groups excluding carboxylic acids is 3. The van der Waals surface area contributed by atoms with Crippen molar-refractivity contribution in [2.24, 2.45) is 0 Å². The van der Waals surface area contributed by atoms with E-state index in [2.05, 4.69) is 5.32 Å². The van der Waals surface area contributed by atoms with Crippen LogP contribution in [0.4, 0.5) is 16.2 Å². The number of methoxy groups -OCH3 is 1. The zero-order chi connectivity index (χ0) is 27.4. The molecule has 2 rings (SSSR count). The molecule has 0 unspecified atom stereocenters. The van der Waals surface area contributed by atoms with Crippen LogP contribution in [0.25, 0.3) is 0 Å². The molecule has 0 heterocycles. The molecule has 0 radical (unpaired) electrons. The Hall–Kier alpha value is -3.81. The fraction of sp³-hybridized carbons (Fsp3) is 0.393. The largest absolute Gasteiger partial charge is 0.513 e. The topological polar surface area (TPSA) is 111 Å². The Morgan fingerprint density at radius 1 is 0.944 bits per heavy atom. The van der Waals surface area contributed by atoms with E-state index in [1.165, 1.54) is 13.3 Å². The van der Waals surface area contributed by atoms with Gasteiger partial charge in [-0.3, -0.25) is 9.59 Å². The summed E-state index contributed by atoms with van der Waals surface area (Å²) in [5.74, 6) is -0.863. The number of anilines is 2. The first-order valence-electron chi connectivity index (χ1n) is 11.6. The van der Waals surface area contributed by atoms with Crippen LogP contribution in [0.15, 0.2) is 48.2 Å². The molecule has 0 aliphatic rings. The molecule has 0 aromatic heterocycles. The highest BCUT2D eigenvalue weighted by atomic mass is 16.7. The maximum absolute atomic E-state index is 13.5. The van der Waals surface area contributed by atoms with Crippen LogP contribution in [0, 0.1) is 0 Å². The maximum Gasteiger partial charge on any atom is 0.513 e. The minimum absolute atomic E-state index is 0.0897. The van der Waals surface area contributed by atoms with Crippen LogP contribution in [-0.4, -0.2) is 44.0 Å². The second kappa shape index (κ2) is 10.8. The number of nitrogens with one attached hydrogen (secondary N) is 1. The molecule has 0 aliphatic heterocycles. The summed E-state index contributed by atoms with van der Waals surface area (Å²) in [7, 11) is 4.66. The summed E-state index contributed by atoms with van der Waals surface area (Å²) in [5.41, 5.74) is 7.67. The van der Waals surface area contributed by atoms with Crippen LogP contribution >= 0.6 is 0 Å². The predicted octanol–water partition coefficient (Wildman–Crippen LogP) is 5.28. The van der Waals surface area contributed by atoms with E-state index in [4.69, 9.17) is 15.2 Å². The number of nitrogens with zero attached hydrogens (tertiary/aromatic N) is 1. The Kier molecular flexibility index (Phi) is 8.57. The minimum Gasteiger partial charge on any atom is -0.437 e. The number of carbonyl (C=O) groups is 3. The summed E-state index contributed by atoms with van der Waals surface area (Å²) < 4.78 is 10.1. The molecule has 36 heavy (non-hydrogen) atoms. The monoisotopic (exact) mass is 495 g/mol. The van der Waals surface area contributed by atoms with E-state index < -0.39 is 17.8 Å². The summed E-state index contributed by atoms with van der Waals surface area (Å²) in [4.78, 5) is 40.5. The van der Waals surface area contributed by atoms with Gasteiger partial charge in [-0.1, -0.05) is 53.7 Å². The lowest BCUT2D eigenvalue weighted by Gasteiger charge is -2.29. The highest BCUT2D eigenvalue weighted by Gasteiger charge is 2.29. The third kappa shape index (κ3) is 6.87. The standard InChI is InChI=1S/C28H37N3O5/c1-27(2,3)19-14-20(28(4,5)6)23(36-26(34)35-9)15-22(19)30-25(33)18(16-31(7)8)24(32)17-12-10-11-13-21(17)29/h10-16H,29H2,1-9H3,(H,30,33)/b18-16-. The van der Waals surface area contributed by atoms with Gasteiger partial charge in [-0.2, -0.15) is 0 Å². The molecule has 8 nitrogen and oxygen atoms in total. The molecule has 8 heteroatoms. The molecule has 0 aliphatic carbocycles. The number of hydrogen-bond donors (Lipinski definition) is 2. The number of para-hydroxylation sites is 1. The summed E-state index contributed by atoms with van der Waals surface area (Å²) >= 11 is 0. The number of ketones is 1. The smallest absolute Gasteiger partial charge is 0.437 e. The van der Waals surface area contributed by atoms with Gasteiger partial charge in [0.15, 0.2) is 0 Å². The van der Waals surface area contributed by atoms with Gasteiger partial charge in [-0.05, 0) is 34.6 Å². The SMILES string of the molecule is COC(=O)Oc1cc(NC(=O)/C(=C\N(C)C)C(=O)c2ccccc2N)c(C(C)(C)C)cc1C(C)(C)C. The first kappa shape index (κ1) is 28.4. The molecule has 1 amide bonds. The minimum atomic E-state index is -0.871. The van der Waals surface area contributed by atoms with E-state index in [1.807, 2.05) is 47.6 Å². The first-order valence-corrected chi connectivity index (χ1v) is 11.6. The van der Waals surface area contributed by atoms with Crippen molar-refractivity contribution in [3.63, 3.8) is 0 Å². The van der Waals surface area contributed by atoms with Gasteiger partial charge in [-0.15, -0.1) is 0 Å². The Morgan fingerprint density at radius 2 is 1.53 bits per heavy atom. The van der Waals surface area contributed by atoms with Crippen molar-refractivity contribution in [3.05, 3.63) is 64.9 Å². The number of rotatable bonds is 6. The number of amides is 1. The van der Waals surface area contributed by atoms with Crippen molar-refractivity contribution in [3.8, 4) is 5.75 Å². The molecule has 0 saturated carbocycles. The van der Waals surface area contributed by atoms with Gasteiger partial charge in [0.1, 0.15) is 11.3 Å². The Morgan fingerprint density at radius 3 is 2.03 bits per heavy atom. The number of benzene rings is 2. The average Bonchev–Trinajstić information content (AvgIpc) is 2.75. The predicted molar refractivity (Wildman–Crippen MR) is 142 cm³/mol. The van der Waals surface area contributed by atoms with E-state index >= 15 is 0 Å². The van der Waals surface area contributed by atoms with E-state index in [0.29, 0.717) is 5.69 Å². The molecule has 0 bridgehead atoms. The van der Waals surface area contributed by atoms with Crippen LogP contribution in [0.3, 0.4) is 0 Å². The quantitative estimate of drug-likeness (QED) is 0.107. The zero-order valence-corrected chi connectivity index (χ0v) is 22.6. The van der Waals surface area contributed by atoms with Crippen LogP contribution in [-0.2, 0) is 20.4 Å². The van der Waals surface area contributed by atoms with Gasteiger partial charge in [0.05, 0.1) is 7.11 Å². The van der Waals surface area contributed by atoms with Gasteiger partial charge >= 0.3 is 6.16 Å². The maximum atomic E-state index is 13.5. The van der Waals surface area contributed by atoms with Crippen LogP contribution in [0.1, 0.15) is 63.0 Å². The third-order valence-electron chi connectivity index (χ3n) is 5.43. The molecule has 2 aromatic carbocycles. The van der Waals surface area contributed by atoms with Crippen LogP contribution in [0.5, 0.6) is 5.75 Å². The molecule has 3 N–H and O–H groups in total. The van der Waals surface area contributed by atoms with Crippen molar-refractivity contribution >= 4 is 29.2 Å². The lowest BCUT2D eigenvalue weighted by Crippen LogP contribution is -2.26. The number of nitrogens with two attached hydrogens (primary N) is 1. The summed E-state index contributed by atoms with van der Waals surface area (Å²) in [5, 5.41) is 2.88.